The van der Waals surface area contributed by atoms with E-state index in [1.807, 2.05) is 32.2 Å². The van der Waals surface area contributed by atoms with E-state index in [1.165, 1.54) is 0 Å². The van der Waals surface area contributed by atoms with Crippen molar-refractivity contribution in [3.05, 3.63) is 30.1 Å². The highest BCUT2D eigenvalue weighted by Crippen LogP contribution is 2.19. The van der Waals surface area contributed by atoms with Crippen molar-refractivity contribution in [3.8, 4) is 6.07 Å². The molecule has 0 aliphatic carbocycles. The lowest BCUT2D eigenvalue weighted by Gasteiger charge is -2.29. The average Bonchev–Trinajstić information content (AvgIpc) is 2.27. The van der Waals surface area contributed by atoms with Gasteiger partial charge in [-0.05, 0) is 26.1 Å². The zero-order chi connectivity index (χ0) is 12.0. The van der Waals surface area contributed by atoms with Crippen molar-refractivity contribution in [2.45, 2.75) is 25.4 Å². The SMILES string of the molecule is CC(N)C(c1ccccn1)N(C)CCC#N. The molecule has 1 aromatic rings. The molecule has 0 spiro atoms. The normalized spacial score (nSPS) is 14.4. The molecule has 86 valence electrons. The highest BCUT2D eigenvalue weighted by Gasteiger charge is 2.21. The first kappa shape index (κ1) is 12.6. The lowest BCUT2D eigenvalue weighted by Crippen LogP contribution is -2.38. The molecule has 16 heavy (non-hydrogen) atoms. The summed E-state index contributed by atoms with van der Waals surface area (Å²) in [7, 11) is 1.97. The first-order chi connectivity index (χ1) is 7.66. The number of pyridine rings is 1. The fraction of sp³-hybridized carbons (Fsp3) is 0.500. The van der Waals surface area contributed by atoms with E-state index >= 15 is 0 Å². The van der Waals surface area contributed by atoms with Gasteiger partial charge in [0.05, 0.1) is 17.8 Å². The summed E-state index contributed by atoms with van der Waals surface area (Å²) >= 11 is 0. The number of hydrogen-bond acceptors (Lipinski definition) is 4. The summed E-state index contributed by atoms with van der Waals surface area (Å²) in [6.45, 7) is 2.67. The van der Waals surface area contributed by atoms with Gasteiger partial charge in [-0.2, -0.15) is 5.26 Å². The highest BCUT2D eigenvalue weighted by atomic mass is 15.2. The summed E-state index contributed by atoms with van der Waals surface area (Å²) in [4.78, 5) is 6.40. The fourth-order valence-corrected chi connectivity index (χ4v) is 1.81. The van der Waals surface area contributed by atoms with E-state index in [1.54, 1.807) is 6.20 Å². The number of nitriles is 1. The summed E-state index contributed by atoms with van der Waals surface area (Å²) in [6.07, 6.45) is 2.27. The molecule has 0 aromatic carbocycles. The molecule has 2 unspecified atom stereocenters. The lowest BCUT2D eigenvalue weighted by molar-refractivity contribution is 0.219. The molecule has 0 aliphatic rings. The van der Waals surface area contributed by atoms with Gasteiger partial charge in [-0.1, -0.05) is 6.07 Å². The Morgan fingerprint density at radius 2 is 2.31 bits per heavy atom. The minimum atomic E-state index is -0.0152. The predicted molar refractivity (Wildman–Crippen MR) is 63.5 cm³/mol. The van der Waals surface area contributed by atoms with Crippen molar-refractivity contribution in [2.24, 2.45) is 5.73 Å². The third-order valence-corrected chi connectivity index (χ3v) is 2.54. The number of nitrogens with two attached hydrogens (primary N) is 1. The first-order valence-electron chi connectivity index (χ1n) is 5.40. The smallest absolute Gasteiger partial charge is 0.0668 e. The Morgan fingerprint density at radius 1 is 1.56 bits per heavy atom. The third-order valence-electron chi connectivity index (χ3n) is 2.54. The van der Waals surface area contributed by atoms with Gasteiger partial charge in [-0.3, -0.25) is 9.88 Å². The zero-order valence-corrected chi connectivity index (χ0v) is 9.80. The second kappa shape index (κ2) is 6.21. The second-order valence-corrected chi connectivity index (χ2v) is 3.95. The van der Waals surface area contributed by atoms with E-state index in [2.05, 4.69) is 16.0 Å². The molecular weight excluding hydrogens is 200 g/mol. The van der Waals surface area contributed by atoms with Crippen molar-refractivity contribution in [1.29, 1.82) is 5.26 Å². The van der Waals surface area contributed by atoms with E-state index in [0.29, 0.717) is 13.0 Å². The Kier molecular flexibility index (Phi) is 4.90. The second-order valence-electron chi connectivity index (χ2n) is 3.95. The van der Waals surface area contributed by atoms with Gasteiger partial charge >= 0.3 is 0 Å². The predicted octanol–water partition coefficient (Wildman–Crippen LogP) is 1.32. The molecule has 2 atom stereocenters. The van der Waals surface area contributed by atoms with Gasteiger partial charge in [0.1, 0.15) is 0 Å². The number of rotatable bonds is 5. The molecule has 1 rings (SSSR count). The topological polar surface area (TPSA) is 65.9 Å². The van der Waals surface area contributed by atoms with Gasteiger partial charge in [0.2, 0.25) is 0 Å². The molecule has 4 nitrogen and oxygen atoms in total. The minimum Gasteiger partial charge on any atom is -0.326 e. The van der Waals surface area contributed by atoms with Crippen LogP contribution >= 0.6 is 0 Å². The molecule has 4 heteroatoms. The molecule has 0 saturated heterocycles. The summed E-state index contributed by atoms with van der Waals surface area (Å²) in [5.74, 6) is 0. The Balaban J connectivity index is 2.80. The van der Waals surface area contributed by atoms with Crippen LogP contribution in [0.1, 0.15) is 25.1 Å². The van der Waals surface area contributed by atoms with E-state index < -0.39 is 0 Å². The lowest BCUT2D eigenvalue weighted by atomic mass is 10.0. The third kappa shape index (κ3) is 3.30. The quantitative estimate of drug-likeness (QED) is 0.809. The Morgan fingerprint density at radius 3 is 2.81 bits per heavy atom. The van der Waals surface area contributed by atoms with Crippen molar-refractivity contribution in [1.82, 2.24) is 9.88 Å². The van der Waals surface area contributed by atoms with Crippen LogP contribution < -0.4 is 5.73 Å². The van der Waals surface area contributed by atoms with E-state index in [4.69, 9.17) is 11.0 Å². The molecule has 0 radical (unpaired) electrons. The highest BCUT2D eigenvalue weighted by molar-refractivity contribution is 5.10. The summed E-state index contributed by atoms with van der Waals surface area (Å²) < 4.78 is 0. The van der Waals surface area contributed by atoms with Crippen LogP contribution in [0.25, 0.3) is 0 Å². The van der Waals surface area contributed by atoms with Crippen LogP contribution in [0.15, 0.2) is 24.4 Å². The van der Waals surface area contributed by atoms with Crippen LogP contribution in [0.5, 0.6) is 0 Å². The summed E-state index contributed by atoms with van der Waals surface area (Å²) in [5.41, 5.74) is 6.93. The van der Waals surface area contributed by atoms with Crippen LogP contribution in [-0.4, -0.2) is 29.5 Å². The monoisotopic (exact) mass is 218 g/mol. The number of likely N-dealkylation sites (N-methyl/N-ethyl adjacent to an activating group) is 1. The van der Waals surface area contributed by atoms with Gasteiger partial charge in [0, 0.05) is 25.2 Å². The molecule has 0 fully saturated rings. The van der Waals surface area contributed by atoms with Gasteiger partial charge in [0.15, 0.2) is 0 Å². The largest absolute Gasteiger partial charge is 0.326 e. The molecule has 1 aromatic heterocycles. The van der Waals surface area contributed by atoms with E-state index in [9.17, 15) is 0 Å². The van der Waals surface area contributed by atoms with E-state index in [-0.39, 0.29) is 12.1 Å². The number of aromatic nitrogens is 1. The molecule has 0 aliphatic heterocycles. The molecule has 0 amide bonds. The average molecular weight is 218 g/mol. The zero-order valence-electron chi connectivity index (χ0n) is 9.80. The maximum Gasteiger partial charge on any atom is 0.0668 e. The Hall–Kier alpha value is -1.44. The molecule has 0 saturated carbocycles. The molecular formula is C12H18N4. The van der Waals surface area contributed by atoms with Crippen LogP contribution in [-0.2, 0) is 0 Å². The van der Waals surface area contributed by atoms with Gasteiger partial charge in [-0.15, -0.1) is 0 Å². The van der Waals surface area contributed by atoms with Crippen molar-refractivity contribution in [3.63, 3.8) is 0 Å². The fourth-order valence-electron chi connectivity index (χ4n) is 1.81. The van der Waals surface area contributed by atoms with Gasteiger partial charge in [-0.25, -0.2) is 0 Å². The van der Waals surface area contributed by atoms with Crippen LogP contribution in [0, 0.1) is 11.3 Å². The molecule has 1 heterocycles. The standard InChI is InChI=1S/C12H18N4/c1-10(14)12(16(2)9-5-7-13)11-6-3-4-8-15-11/h3-4,6,8,10,12H,5,9,14H2,1-2H3. The first-order valence-corrected chi connectivity index (χ1v) is 5.40. The maximum absolute atomic E-state index is 8.58. The number of nitrogens with zero attached hydrogens (tertiary/aromatic N) is 3. The van der Waals surface area contributed by atoms with Gasteiger partial charge < -0.3 is 5.73 Å². The van der Waals surface area contributed by atoms with Crippen molar-refractivity contribution >= 4 is 0 Å². The molecule has 0 bridgehead atoms. The molecule has 2 N–H and O–H groups in total. The maximum atomic E-state index is 8.58. The van der Waals surface area contributed by atoms with Crippen molar-refractivity contribution in [2.75, 3.05) is 13.6 Å². The Bertz CT molecular complexity index is 342. The summed E-state index contributed by atoms with van der Waals surface area (Å²) in [5, 5.41) is 8.58. The number of hydrogen-bond donors (Lipinski definition) is 1. The van der Waals surface area contributed by atoms with Crippen molar-refractivity contribution < 1.29 is 0 Å². The van der Waals surface area contributed by atoms with Gasteiger partial charge in [0.25, 0.3) is 0 Å². The van der Waals surface area contributed by atoms with Crippen LogP contribution in [0.3, 0.4) is 0 Å². The Labute approximate surface area is 96.7 Å². The van der Waals surface area contributed by atoms with Crippen LogP contribution in [0.2, 0.25) is 0 Å². The van der Waals surface area contributed by atoms with E-state index in [0.717, 1.165) is 5.69 Å². The summed E-state index contributed by atoms with van der Waals surface area (Å²) in [6, 6.07) is 8.00. The van der Waals surface area contributed by atoms with Crippen LogP contribution in [0.4, 0.5) is 0 Å². The minimum absolute atomic E-state index is 0.0152.